The summed E-state index contributed by atoms with van der Waals surface area (Å²) < 4.78 is 0. The van der Waals surface area contributed by atoms with Gasteiger partial charge in [-0.2, -0.15) is 0 Å². The van der Waals surface area contributed by atoms with Crippen LogP contribution in [0.1, 0.15) is 20.3 Å². The fourth-order valence-corrected chi connectivity index (χ4v) is 0.924. The Morgan fingerprint density at radius 3 is 2.50 bits per heavy atom. The second-order valence-corrected chi connectivity index (χ2v) is 2.73. The van der Waals surface area contributed by atoms with E-state index in [0.717, 1.165) is 12.3 Å². The lowest BCUT2D eigenvalue weighted by Crippen LogP contribution is -2.15. The third kappa shape index (κ3) is 1.34. The van der Waals surface area contributed by atoms with Crippen LogP contribution < -0.4 is 5.73 Å². The van der Waals surface area contributed by atoms with Gasteiger partial charge in [-0.05, 0) is 26.2 Å². The maximum absolute atomic E-state index is 5.56. The minimum Gasteiger partial charge on any atom is -0.328 e. The van der Waals surface area contributed by atoms with E-state index in [1.807, 2.05) is 0 Å². The lowest BCUT2D eigenvalue weighted by atomic mass is 10.1. The standard InChI is InChI=1S/C7H13N/c1-5-3-7(5)4-6(2)8/h3,6-7H,4,8H2,1-2H3. The van der Waals surface area contributed by atoms with Crippen LogP contribution in [0.15, 0.2) is 11.6 Å². The summed E-state index contributed by atoms with van der Waals surface area (Å²) in [6.07, 6.45) is 3.41. The van der Waals surface area contributed by atoms with Crippen molar-refractivity contribution in [2.45, 2.75) is 26.3 Å². The first-order valence-corrected chi connectivity index (χ1v) is 3.14. The van der Waals surface area contributed by atoms with Gasteiger partial charge < -0.3 is 5.73 Å². The fraction of sp³-hybridized carbons (Fsp3) is 0.714. The van der Waals surface area contributed by atoms with Crippen LogP contribution in [0.3, 0.4) is 0 Å². The molecule has 0 heterocycles. The summed E-state index contributed by atoms with van der Waals surface area (Å²) in [6.45, 7) is 4.21. The van der Waals surface area contributed by atoms with Gasteiger partial charge in [-0.1, -0.05) is 11.6 Å². The van der Waals surface area contributed by atoms with Crippen molar-refractivity contribution in [3.63, 3.8) is 0 Å². The molecule has 0 aliphatic heterocycles. The van der Waals surface area contributed by atoms with Crippen LogP contribution in [0, 0.1) is 5.92 Å². The van der Waals surface area contributed by atoms with E-state index in [-0.39, 0.29) is 0 Å². The van der Waals surface area contributed by atoms with Gasteiger partial charge in [-0.25, -0.2) is 0 Å². The van der Waals surface area contributed by atoms with E-state index in [2.05, 4.69) is 19.9 Å². The molecular formula is C7H13N. The Morgan fingerprint density at radius 1 is 1.88 bits per heavy atom. The van der Waals surface area contributed by atoms with Gasteiger partial charge >= 0.3 is 0 Å². The molecule has 0 aromatic rings. The minimum atomic E-state index is 0.369. The number of rotatable bonds is 2. The Bertz CT molecular complexity index is 114. The molecule has 2 unspecified atom stereocenters. The van der Waals surface area contributed by atoms with E-state index in [1.54, 1.807) is 0 Å². The molecule has 1 aliphatic carbocycles. The summed E-state index contributed by atoms with van der Waals surface area (Å²) in [5.74, 6) is 0.759. The van der Waals surface area contributed by atoms with E-state index in [0.29, 0.717) is 6.04 Å². The Balaban J connectivity index is 2.08. The van der Waals surface area contributed by atoms with Crippen LogP contribution >= 0.6 is 0 Å². The molecule has 46 valence electrons. The van der Waals surface area contributed by atoms with Crippen molar-refractivity contribution < 1.29 is 0 Å². The molecule has 8 heavy (non-hydrogen) atoms. The van der Waals surface area contributed by atoms with Crippen LogP contribution in [0.2, 0.25) is 0 Å². The quantitative estimate of drug-likeness (QED) is 0.534. The van der Waals surface area contributed by atoms with Crippen molar-refractivity contribution in [3.8, 4) is 0 Å². The molecule has 1 nitrogen and oxygen atoms in total. The van der Waals surface area contributed by atoms with Gasteiger partial charge in [0.1, 0.15) is 0 Å². The summed E-state index contributed by atoms with van der Waals surface area (Å²) >= 11 is 0. The molecule has 0 radical (unpaired) electrons. The Hall–Kier alpha value is -0.300. The summed E-state index contributed by atoms with van der Waals surface area (Å²) in [5, 5.41) is 0. The molecule has 2 atom stereocenters. The van der Waals surface area contributed by atoms with E-state index >= 15 is 0 Å². The van der Waals surface area contributed by atoms with Gasteiger partial charge in [-0.15, -0.1) is 0 Å². The van der Waals surface area contributed by atoms with E-state index in [1.165, 1.54) is 5.57 Å². The molecular weight excluding hydrogens is 98.1 g/mol. The van der Waals surface area contributed by atoms with Crippen LogP contribution in [0.5, 0.6) is 0 Å². The summed E-state index contributed by atoms with van der Waals surface area (Å²) in [7, 11) is 0. The van der Waals surface area contributed by atoms with Gasteiger partial charge in [0, 0.05) is 6.04 Å². The topological polar surface area (TPSA) is 26.0 Å². The van der Waals surface area contributed by atoms with Gasteiger partial charge in [0.2, 0.25) is 0 Å². The monoisotopic (exact) mass is 111 g/mol. The summed E-state index contributed by atoms with van der Waals surface area (Å²) in [5.41, 5.74) is 7.08. The number of hydrogen-bond donors (Lipinski definition) is 1. The highest BCUT2D eigenvalue weighted by Gasteiger charge is 2.20. The number of nitrogens with two attached hydrogens (primary N) is 1. The highest BCUT2D eigenvalue weighted by molar-refractivity contribution is 5.26. The lowest BCUT2D eigenvalue weighted by molar-refractivity contribution is 0.628. The zero-order chi connectivity index (χ0) is 6.15. The van der Waals surface area contributed by atoms with Crippen molar-refractivity contribution in [1.29, 1.82) is 0 Å². The van der Waals surface area contributed by atoms with E-state index < -0.39 is 0 Å². The van der Waals surface area contributed by atoms with Crippen molar-refractivity contribution >= 4 is 0 Å². The van der Waals surface area contributed by atoms with Crippen molar-refractivity contribution in [1.82, 2.24) is 0 Å². The largest absolute Gasteiger partial charge is 0.328 e. The molecule has 0 saturated heterocycles. The van der Waals surface area contributed by atoms with Crippen LogP contribution in [0.4, 0.5) is 0 Å². The smallest absolute Gasteiger partial charge is 0.00191 e. The van der Waals surface area contributed by atoms with Crippen molar-refractivity contribution in [2.75, 3.05) is 0 Å². The van der Waals surface area contributed by atoms with Crippen LogP contribution in [-0.2, 0) is 0 Å². The third-order valence-electron chi connectivity index (χ3n) is 1.57. The SMILES string of the molecule is CC1=CC1CC(C)N. The average molecular weight is 111 g/mol. The maximum atomic E-state index is 5.56. The third-order valence-corrected chi connectivity index (χ3v) is 1.57. The van der Waals surface area contributed by atoms with Crippen molar-refractivity contribution in [3.05, 3.63) is 11.6 Å². The zero-order valence-electron chi connectivity index (χ0n) is 5.52. The fourth-order valence-electron chi connectivity index (χ4n) is 0.924. The minimum absolute atomic E-state index is 0.369. The maximum Gasteiger partial charge on any atom is 0.00191 e. The highest BCUT2D eigenvalue weighted by atomic mass is 14.6. The number of allylic oxidation sites excluding steroid dienone is 2. The predicted octanol–water partition coefficient (Wildman–Crippen LogP) is 1.30. The predicted molar refractivity (Wildman–Crippen MR) is 35.5 cm³/mol. The van der Waals surface area contributed by atoms with Crippen LogP contribution in [0.25, 0.3) is 0 Å². The second kappa shape index (κ2) is 1.90. The molecule has 0 aromatic carbocycles. The first-order chi connectivity index (χ1) is 3.70. The molecule has 0 aromatic heterocycles. The molecule has 0 amide bonds. The molecule has 0 spiro atoms. The lowest BCUT2D eigenvalue weighted by Gasteiger charge is -2.01. The van der Waals surface area contributed by atoms with Gasteiger partial charge in [-0.3, -0.25) is 0 Å². The van der Waals surface area contributed by atoms with E-state index in [9.17, 15) is 0 Å². The molecule has 0 saturated carbocycles. The summed E-state index contributed by atoms with van der Waals surface area (Å²) in [6, 6.07) is 0.369. The van der Waals surface area contributed by atoms with Crippen LogP contribution in [-0.4, -0.2) is 6.04 Å². The zero-order valence-corrected chi connectivity index (χ0v) is 5.52. The van der Waals surface area contributed by atoms with Crippen molar-refractivity contribution in [2.24, 2.45) is 11.7 Å². The Kier molecular flexibility index (Phi) is 1.39. The second-order valence-electron chi connectivity index (χ2n) is 2.73. The Labute approximate surface area is 50.6 Å². The Morgan fingerprint density at radius 2 is 2.38 bits per heavy atom. The summed E-state index contributed by atoms with van der Waals surface area (Å²) in [4.78, 5) is 0. The first kappa shape index (κ1) is 5.83. The normalized spacial score (nSPS) is 29.4. The molecule has 1 aliphatic rings. The molecule has 0 bridgehead atoms. The first-order valence-electron chi connectivity index (χ1n) is 3.14. The molecule has 0 fully saturated rings. The molecule has 1 rings (SSSR count). The van der Waals surface area contributed by atoms with Gasteiger partial charge in [0.15, 0.2) is 0 Å². The molecule has 2 N–H and O–H groups in total. The average Bonchev–Trinajstić information content (AvgIpc) is 2.17. The van der Waals surface area contributed by atoms with E-state index in [4.69, 9.17) is 5.73 Å². The van der Waals surface area contributed by atoms with Gasteiger partial charge in [0.05, 0.1) is 0 Å². The van der Waals surface area contributed by atoms with Gasteiger partial charge in [0.25, 0.3) is 0 Å². The number of hydrogen-bond acceptors (Lipinski definition) is 1. The molecule has 1 heteroatoms. The highest BCUT2D eigenvalue weighted by Crippen LogP contribution is 2.31.